The molecule has 1 heterocycles. The molecule has 0 unspecified atom stereocenters. The van der Waals surface area contributed by atoms with E-state index in [0.717, 1.165) is 29.2 Å². The van der Waals surface area contributed by atoms with Crippen molar-refractivity contribution in [3.8, 4) is 11.6 Å². The van der Waals surface area contributed by atoms with Crippen molar-refractivity contribution in [2.24, 2.45) is 0 Å². The molecule has 0 amide bonds. The minimum absolute atomic E-state index is 0.278. The van der Waals surface area contributed by atoms with Crippen LogP contribution in [0.4, 0.5) is 5.82 Å². The summed E-state index contributed by atoms with van der Waals surface area (Å²) in [5.41, 5.74) is 3.36. The summed E-state index contributed by atoms with van der Waals surface area (Å²) in [4.78, 5) is 8.67. The van der Waals surface area contributed by atoms with Crippen molar-refractivity contribution >= 4 is 5.82 Å². The van der Waals surface area contributed by atoms with Gasteiger partial charge in [-0.2, -0.15) is 0 Å². The zero-order valence-electron chi connectivity index (χ0n) is 13.4. The lowest BCUT2D eigenvalue weighted by Crippen LogP contribution is -2.07. The number of ether oxygens (including phenoxy) is 1. The lowest BCUT2D eigenvalue weighted by molar-refractivity contribution is 0.448. The maximum atomic E-state index is 6.08. The Kier molecular flexibility index (Phi) is 4.78. The van der Waals surface area contributed by atoms with Gasteiger partial charge in [0.1, 0.15) is 17.9 Å². The molecule has 2 rings (SSSR count). The normalized spacial score (nSPS) is 10.8. The molecule has 2 aromatic rings. The Morgan fingerprint density at radius 2 is 1.95 bits per heavy atom. The summed E-state index contributed by atoms with van der Waals surface area (Å²) in [6, 6.07) is 6.05. The van der Waals surface area contributed by atoms with E-state index in [4.69, 9.17) is 4.74 Å². The predicted molar refractivity (Wildman–Crippen MR) is 86.3 cm³/mol. The lowest BCUT2D eigenvalue weighted by Gasteiger charge is -2.17. The number of benzene rings is 1. The van der Waals surface area contributed by atoms with Crippen LogP contribution < -0.4 is 10.1 Å². The van der Waals surface area contributed by atoms with Crippen LogP contribution in [0.5, 0.6) is 11.6 Å². The van der Waals surface area contributed by atoms with Crippen molar-refractivity contribution < 1.29 is 4.74 Å². The zero-order chi connectivity index (χ0) is 15.4. The molecule has 0 aliphatic carbocycles. The zero-order valence-corrected chi connectivity index (χ0v) is 13.4. The first-order valence-electron chi connectivity index (χ1n) is 7.37. The molecule has 0 spiro atoms. The molecular formula is C17H23N3O. The van der Waals surface area contributed by atoms with Crippen LogP contribution in [0.3, 0.4) is 0 Å². The van der Waals surface area contributed by atoms with Gasteiger partial charge in [0, 0.05) is 6.54 Å². The van der Waals surface area contributed by atoms with Crippen LogP contribution in [0.1, 0.15) is 43.4 Å². The maximum absolute atomic E-state index is 6.08. The predicted octanol–water partition coefficient (Wildman–Crippen LogP) is 4.44. The minimum Gasteiger partial charge on any atom is -0.438 e. The summed E-state index contributed by atoms with van der Waals surface area (Å²) in [6.07, 6.45) is 1.55. The van der Waals surface area contributed by atoms with Gasteiger partial charge in [0.2, 0.25) is 5.88 Å². The first kappa shape index (κ1) is 15.3. The Morgan fingerprint density at radius 1 is 1.19 bits per heavy atom. The largest absolute Gasteiger partial charge is 0.438 e. The lowest BCUT2D eigenvalue weighted by atomic mass is 10.1. The van der Waals surface area contributed by atoms with Crippen molar-refractivity contribution in [2.45, 2.75) is 40.5 Å². The molecule has 112 valence electrons. The Hall–Kier alpha value is -2.10. The third-order valence-corrected chi connectivity index (χ3v) is 3.53. The Morgan fingerprint density at radius 3 is 2.62 bits per heavy atom. The van der Waals surface area contributed by atoms with Crippen LogP contribution in [0.25, 0.3) is 0 Å². The van der Waals surface area contributed by atoms with Crippen LogP contribution in [0.15, 0.2) is 24.5 Å². The van der Waals surface area contributed by atoms with E-state index in [1.165, 1.54) is 5.56 Å². The summed E-state index contributed by atoms with van der Waals surface area (Å²) in [5.74, 6) is 2.60. The van der Waals surface area contributed by atoms with Crippen molar-refractivity contribution in [1.82, 2.24) is 9.97 Å². The highest BCUT2D eigenvalue weighted by atomic mass is 16.5. The van der Waals surface area contributed by atoms with Gasteiger partial charge < -0.3 is 10.1 Å². The highest BCUT2D eigenvalue weighted by Crippen LogP contribution is 2.34. The third kappa shape index (κ3) is 3.32. The van der Waals surface area contributed by atoms with Gasteiger partial charge in [0.25, 0.3) is 0 Å². The molecule has 0 saturated carbocycles. The van der Waals surface area contributed by atoms with Gasteiger partial charge in [-0.05, 0) is 43.9 Å². The van der Waals surface area contributed by atoms with Crippen molar-refractivity contribution in [3.05, 3.63) is 41.2 Å². The summed E-state index contributed by atoms with van der Waals surface area (Å²) in [7, 11) is 0. The second-order valence-electron chi connectivity index (χ2n) is 5.43. The van der Waals surface area contributed by atoms with E-state index >= 15 is 0 Å². The maximum Gasteiger partial charge on any atom is 0.227 e. The number of anilines is 1. The second-order valence-corrected chi connectivity index (χ2v) is 5.43. The second kappa shape index (κ2) is 6.57. The van der Waals surface area contributed by atoms with Crippen LogP contribution in [-0.4, -0.2) is 16.5 Å². The van der Waals surface area contributed by atoms with E-state index in [0.29, 0.717) is 5.88 Å². The van der Waals surface area contributed by atoms with E-state index in [9.17, 15) is 0 Å². The van der Waals surface area contributed by atoms with E-state index in [1.54, 1.807) is 6.33 Å². The minimum atomic E-state index is 0.278. The molecule has 0 saturated heterocycles. The summed E-state index contributed by atoms with van der Waals surface area (Å²) in [5, 5.41) is 3.28. The van der Waals surface area contributed by atoms with E-state index in [-0.39, 0.29) is 5.92 Å². The molecule has 0 atom stereocenters. The Labute approximate surface area is 126 Å². The molecular weight excluding hydrogens is 262 g/mol. The summed E-state index contributed by atoms with van der Waals surface area (Å²) in [6.45, 7) is 11.3. The molecule has 0 aliphatic rings. The molecule has 0 fully saturated rings. The smallest absolute Gasteiger partial charge is 0.227 e. The van der Waals surface area contributed by atoms with Crippen molar-refractivity contribution in [3.63, 3.8) is 0 Å². The highest BCUT2D eigenvalue weighted by Gasteiger charge is 2.17. The standard InChI is InChI=1S/C17H23N3O/c1-6-18-16-15(11(2)3)17(20-10-19-16)21-14-9-7-8-12(4)13(14)5/h7-11H,6H2,1-5H3,(H,18,19,20). The van der Waals surface area contributed by atoms with Crippen molar-refractivity contribution in [1.29, 1.82) is 0 Å². The van der Waals surface area contributed by atoms with Gasteiger partial charge in [-0.15, -0.1) is 0 Å². The average Bonchev–Trinajstić information content (AvgIpc) is 2.44. The van der Waals surface area contributed by atoms with Gasteiger partial charge in [-0.25, -0.2) is 9.97 Å². The number of aromatic nitrogens is 2. The fraction of sp³-hybridized carbons (Fsp3) is 0.412. The Balaban J connectivity index is 2.44. The summed E-state index contributed by atoms with van der Waals surface area (Å²) < 4.78 is 6.08. The van der Waals surface area contributed by atoms with Gasteiger partial charge >= 0.3 is 0 Å². The first-order chi connectivity index (χ1) is 10.0. The van der Waals surface area contributed by atoms with E-state index in [1.807, 2.05) is 12.1 Å². The molecule has 0 radical (unpaired) electrons. The molecule has 1 aromatic heterocycles. The third-order valence-electron chi connectivity index (χ3n) is 3.53. The number of nitrogens with zero attached hydrogens (tertiary/aromatic N) is 2. The number of hydrogen-bond donors (Lipinski definition) is 1. The van der Waals surface area contributed by atoms with Gasteiger partial charge in [0.15, 0.2) is 0 Å². The first-order valence-corrected chi connectivity index (χ1v) is 7.37. The molecule has 1 aromatic carbocycles. The van der Waals surface area contributed by atoms with Gasteiger partial charge in [0.05, 0.1) is 5.56 Å². The van der Waals surface area contributed by atoms with Crippen LogP contribution in [0.2, 0.25) is 0 Å². The molecule has 21 heavy (non-hydrogen) atoms. The average molecular weight is 285 g/mol. The van der Waals surface area contributed by atoms with Crippen LogP contribution >= 0.6 is 0 Å². The highest BCUT2D eigenvalue weighted by molar-refractivity contribution is 5.52. The van der Waals surface area contributed by atoms with E-state index in [2.05, 4.69) is 56.0 Å². The van der Waals surface area contributed by atoms with E-state index < -0.39 is 0 Å². The fourth-order valence-electron chi connectivity index (χ4n) is 2.23. The number of nitrogens with one attached hydrogen (secondary N) is 1. The molecule has 4 heteroatoms. The molecule has 0 aliphatic heterocycles. The quantitative estimate of drug-likeness (QED) is 0.882. The van der Waals surface area contributed by atoms with Crippen LogP contribution in [-0.2, 0) is 0 Å². The molecule has 1 N–H and O–H groups in total. The number of hydrogen-bond acceptors (Lipinski definition) is 4. The SMILES string of the molecule is CCNc1ncnc(Oc2cccc(C)c2C)c1C(C)C. The summed E-state index contributed by atoms with van der Waals surface area (Å²) >= 11 is 0. The van der Waals surface area contributed by atoms with Gasteiger partial charge in [-0.1, -0.05) is 26.0 Å². The monoisotopic (exact) mass is 285 g/mol. The Bertz CT molecular complexity index is 623. The fourth-order valence-corrected chi connectivity index (χ4v) is 2.23. The topological polar surface area (TPSA) is 47.0 Å². The number of aryl methyl sites for hydroxylation is 1. The van der Waals surface area contributed by atoms with Crippen molar-refractivity contribution in [2.75, 3.05) is 11.9 Å². The van der Waals surface area contributed by atoms with Gasteiger partial charge in [-0.3, -0.25) is 0 Å². The number of rotatable bonds is 5. The van der Waals surface area contributed by atoms with Crippen LogP contribution in [0, 0.1) is 13.8 Å². The molecule has 0 bridgehead atoms. The molecule has 4 nitrogen and oxygen atoms in total.